The molecule has 10 aromatic rings. The molecule has 0 saturated carbocycles. The van der Waals surface area contributed by atoms with Crippen molar-refractivity contribution in [1.82, 2.24) is 15.0 Å². The molecule has 3 nitrogen and oxygen atoms in total. The van der Waals surface area contributed by atoms with Gasteiger partial charge in [0.25, 0.3) is 0 Å². The third kappa shape index (κ3) is 6.09. The maximum absolute atomic E-state index is 5.14. The molecule has 0 N–H and O–H groups in total. The molecule has 273 valence electrons. The van der Waals surface area contributed by atoms with E-state index in [9.17, 15) is 0 Å². The van der Waals surface area contributed by atoms with Gasteiger partial charge in [0.05, 0.1) is 22.6 Å². The van der Waals surface area contributed by atoms with E-state index in [1.54, 1.807) is 11.3 Å². The van der Waals surface area contributed by atoms with Gasteiger partial charge in [-0.15, -0.1) is 53.1 Å². The minimum Gasteiger partial charge on any atom is -0.285 e. The molecule has 0 spiro atoms. The van der Waals surface area contributed by atoms with Crippen LogP contribution in [0.4, 0.5) is 0 Å². The quantitative estimate of drug-likeness (QED) is 0.166. The smallest absolute Gasteiger partial charge is 0.0763 e. The molecular weight excluding hydrogens is 899 g/mol. The second kappa shape index (κ2) is 14.3. The van der Waals surface area contributed by atoms with Gasteiger partial charge >= 0.3 is 0 Å². The van der Waals surface area contributed by atoms with Crippen LogP contribution in [-0.4, -0.2) is 15.0 Å². The van der Waals surface area contributed by atoms with E-state index < -0.39 is 0 Å². The summed E-state index contributed by atoms with van der Waals surface area (Å²) in [5.41, 5.74) is 13.8. The summed E-state index contributed by atoms with van der Waals surface area (Å²) in [4.78, 5) is 14.8. The van der Waals surface area contributed by atoms with E-state index in [1.807, 2.05) is 23.5 Å². The van der Waals surface area contributed by atoms with Crippen molar-refractivity contribution in [2.45, 2.75) is 33.1 Å². The number of rotatable bonds is 3. The van der Waals surface area contributed by atoms with Crippen LogP contribution >= 0.6 is 22.7 Å². The van der Waals surface area contributed by atoms with Crippen molar-refractivity contribution < 1.29 is 20.1 Å². The van der Waals surface area contributed by atoms with Gasteiger partial charge in [-0.1, -0.05) is 116 Å². The minimum atomic E-state index is -0.0331. The largest absolute Gasteiger partial charge is 0.285 e. The summed E-state index contributed by atoms with van der Waals surface area (Å²) in [6.45, 7) is 8.88. The number of thiophene rings is 1. The molecular formula is C50H35IrN3S2-2. The van der Waals surface area contributed by atoms with E-state index in [0.717, 1.165) is 44.1 Å². The predicted octanol–water partition coefficient (Wildman–Crippen LogP) is 13.8. The second-order valence-corrected chi connectivity index (χ2v) is 16.8. The van der Waals surface area contributed by atoms with Crippen LogP contribution < -0.4 is 0 Å². The topological polar surface area (TPSA) is 38.7 Å². The first-order valence-corrected chi connectivity index (χ1v) is 20.2. The van der Waals surface area contributed by atoms with Crippen molar-refractivity contribution >= 4 is 64.0 Å². The molecule has 0 bridgehead atoms. The van der Waals surface area contributed by atoms with Gasteiger partial charge in [0.2, 0.25) is 0 Å². The molecule has 0 unspecified atom stereocenters. The van der Waals surface area contributed by atoms with Crippen LogP contribution in [0.5, 0.6) is 0 Å². The zero-order valence-corrected chi connectivity index (χ0v) is 35.3. The Morgan fingerprint density at radius 3 is 2.00 bits per heavy atom. The van der Waals surface area contributed by atoms with Crippen LogP contribution in [0.25, 0.3) is 85.6 Å². The summed E-state index contributed by atoms with van der Waals surface area (Å²) in [5, 5.41) is 4.71. The van der Waals surface area contributed by atoms with Crippen LogP contribution in [0, 0.1) is 26.0 Å². The number of hydrogen-bond donors (Lipinski definition) is 0. The Hall–Kier alpha value is -5.36. The van der Waals surface area contributed by atoms with Gasteiger partial charge in [0.1, 0.15) is 0 Å². The molecule has 0 aliphatic heterocycles. The molecule has 1 radical (unpaired) electrons. The van der Waals surface area contributed by atoms with Gasteiger partial charge in [-0.05, 0) is 75.9 Å². The van der Waals surface area contributed by atoms with Gasteiger partial charge in [-0.25, -0.2) is 0 Å². The number of benzene rings is 7. The van der Waals surface area contributed by atoms with E-state index >= 15 is 0 Å². The van der Waals surface area contributed by atoms with Crippen molar-refractivity contribution in [2.24, 2.45) is 0 Å². The fourth-order valence-electron chi connectivity index (χ4n) is 8.12. The van der Waals surface area contributed by atoms with E-state index in [2.05, 4.69) is 167 Å². The van der Waals surface area contributed by atoms with E-state index in [-0.39, 0.29) is 25.5 Å². The molecule has 0 atom stereocenters. The summed E-state index contributed by atoms with van der Waals surface area (Å²) in [7, 11) is 0. The minimum absolute atomic E-state index is 0. The number of fused-ring (bicyclic) bond motifs is 8. The van der Waals surface area contributed by atoms with Gasteiger partial charge in [-0.2, -0.15) is 22.7 Å². The summed E-state index contributed by atoms with van der Waals surface area (Å²) < 4.78 is 3.85. The van der Waals surface area contributed by atoms with Crippen LogP contribution in [0.2, 0.25) is 0 Å². The second-order valence-electron chi connectivity index (χ2n) is 14.7. The third-order valence-electron chi connectivity index (χ3n) is 10.9. The number of aromatic nitrogens is 3. The summed E-state index contributed by atoms with van der Waals surface area (Å²) in [5.74, 6) is 0.719. The third-order valence-corrected chi connectivity index (χ3v) is 13.1. The predicted molar refractivity (Wildman–Crippen MR) is 233 cm³/mol. The Bertz CT molecular complexity index is 3070. The zero-order valence-electron chi connectivity index (χ0n) is 31.3. The van der Waals surface area contributed by atoms with Crippen molar-refractivity contribution in [3.63, 3.8) is 0 Å². The van der Waals surface area contributed by atoms with Gasteiger partial charge in [-0.3, -0.25) is 15.0 Å². The maximum atomic E-state index is 5.14. The number of hydrogen-bond acceptors (Lipinski definition) is 5. The Balaban J connectivity index is 0.000000155. The maximum Gasteiger partial charge on any atom is 0.0763 e. The Morgan fingerprint density at radius 1 is 0.518 bits per heavy atom. The summed E-state index contributed by atoms with van der Waals surface area (Å²) in [6, 6.07) is 55.8. The molecule has 7 aromatic carbocycles. The average molecular weight is 934 g/mol. The molecule has 3 aromatic heterocycles. The molecule has 0 saturated heterocycles. The van der Waals surface area contributed by atoms with Gasteiger partial charge in [0.15, 0.2) is 0 Å². The van der Waals surface area contributed by atoms with Crippen LogP contribution in [0.1, 0.15) is 36.1 Å². The van der Waals surface area contributed by atoms with Crippen LogP contribution in [0.15, 0.2) is 140 Å². The van der Waals surface area contributed by atoms with Crippen LogP contribution in [-0.2, 0) is 25.5 Å². The number of nitrogens with zero attached hydrogens (tertiary/aromatic N) is 3. The molecule has 6 heteroatoms. The molecule has 11 rings (SSSR count). The molecule has 0 amide bonds. The number of para-hydroxylation sites is 2. The number of thiazole rings is 1. The first-order valence-electron chi connectivity index (χ1n) is 18.5. The average Bonchev–Trinajstić information content (AvgIpc) is 3.88. The zero-order chi connectivity index (χ0) is 37.3. The number of aryl methyl sites for hydroxylation is 2. The van der Waals surface area contributed by atoms with Crippen molar-refractivity contribution in [3.05, 3.63) is 174 Å². The molecule has 3 heterocycles. The fraction of sp³-hybridized carbons (Fsp3) is 0.100. The Morgan fingerprint density at radius 2 is 1.20 bits per heavy atom. The van der Waals surface area contributed by atoms with Gasteiger partial charge in [0, 0.05) is 45.5 Å². The first kappa shape index (κ1) is 36.3. The molecule has 0 fully saturated rings. The standard InChI is InChI=1S/C31H25N2.C19H10NS2.Ir/c1-19-10-9-11-20(2)28(19)29-23-13-6-8-15-27(23)32-30(33-29)21-16-17-26-24(18-21)22-12-5-7-14-25(22)31(26,3)4;1-3-7-16-13(5-1)14-10-9-12(11-18(14)21-16)19-20-15-6-2-4-8-17(15)22-19;/h5-15,17-18H,1-4H3;1-8,10-11H;/q2*-1;. The SMILES string of the molecule is Cc1cccc(C)c1-c1nc(-c2[c-]cc3c(c2)-c2ccccc2C3(C)C)nc2ccccc12.[Ir].[c-]1cc2c(cc1-c1nc3ccccc3s1)sc1ccccc12. The van der Waals surface area contributed by atoms with Crippen molar-refractivity contribution in [1.29, 1.82) is 0 Å². The Kier molecular flexibility index (Phi) is 9.26. The van der Waals surface area contributed by atoms with Crippen molar-refractivity contribution in [2.75, 3.05) is 0 Å². The summed E-state index contributed by atoms with van der Waals surface area (Å²) in [6.07, 6.45) is 0. The first-order chi connectivity index (χ1) is 26.8. The summed E-state index contributed by atoms with van der Waals surface area (Å²) >= 11 is 3.56. The van der Waals surface area contributed by atoms with E-state index in [0.29, 0.717) is 0 Å². The van der Waals surface area contributed by atoms with Gasteiger partial charge < -0.3 is 0 Å². The molecule has 1 aliphatic rings. The van der Waals surface area contributed by atoms with E-state index in [4.69, 9.17) is 15.0 Å². The Labute approximate surface area is 348 Å². The fourth-order valence-corrected chi connectivity index (χ4v) is 10.2. The van der Waals surface area contributed by atoms with E-state index in [1.165, 1.54) is 63.8 Å². The van der Waals surface area contributed by atoms with Crippen LogP contribution in [0.3, 0.4) is 0 Å². The molecule has 56 heavy (non-hydrogen) atoms. The normalized spacial score (nSPS) is 12.6. The van der Waals surface area contributed by atoms with Crippen molar-refractivity contribution in [3.8, 4) is 44.3 Å². The molecule has 1 aliphatic carbocycles. The monoisotopic (exact) mass is 934 g/mol.